The average Bonchev–Trinajstić information content (AvgIpc) is 3.10. The zero-order chi connectivity index (χ0) is 32.0. The van der Waals surface area contributed by atoms with Crippen molar-refractivity contribution in [3.05, 3.63) is 138 Å². The van der Waals surface area contributed by atoms with Gasteiger partial charge in [-0.25, -0.2) is 0 Å². The van der Waals surface area contributed by atoms with Crippen LogP contribution in [0.15, 0.2) is 126 Å². The minimum absolute atomic E-state index is 0.334. The van der Waals surface area contributed by atoms with Crippen molar-refractivity contribution < 1.29 is 13.2 Å². The summed E-state index contributed by atoms with van der Waals surface area (Å²) < 4.78 is 39.9. The summed E-state index contributed by atoms with van der Waals surface area (Å²) in [7, 11) is -3.55. The average molecular weight is 732 g/mol. The van der Waals surface area contributed by atoms with Crippen LogP contribution in [0.4, 0.5) is 0 Å². The summed E-state index contributed by atoms with van der Waals surface area (Å²) in [6, 6.07) is 40.5. The molecule has 5 heteroatoms. The molecule has 0 saturated carbocycles. The summed E-state index contributed by atoms with van der Waals surface area (Å²) in [6.45, 7) is 7.09. The molecule has 4 rings (SSSR count). The molecule has 1 atom stereocenters. The summed E-state index contributed by atoms with van der Waals surface area (Å²) in [4.78, 5) is 0.473. The fraction of sp³-hybridized carbons (Fsp3) is 0.400. The molecule has 0 aliphatic heterocycles. The molecule has 1 unspecified atom stereocenters. The molecule has 0 radical (unpaired) electrons. The van der Waals surface area contributed by atoms with Gasteiger partial charge in [0.25, 0.3) is 0 Å². The normalized spacial score (nSPS) is 13.0. The van der Waals surface area contributed by atoms with Gasteiger partial charge in [-0.1, -0.05) is 0 Å². The number of benzene rings is 4. The van der Waals surface area contributed by atoms with E-state index < -0.39 is 33.8 Å². The SMILES string of the molecule is CCC[CH2][Sn]([CH2]CCC)([CH2]CCC)[CH](CCOC(c1ccccc1)(c1ccccc1)c1ccccc1)S(=O)(=O)c1ccccc1. The molecule has 0 bridgehead atoms. The molecular formula is C40H52O3SSn. The Morgan fingerprint density at radius 2 is 0.933 bits per heavy atom. The van der Waals surface area contributed by atoms with E-state index in [-0.39, 0.29) is 3.27 Å². The van der Waals surface area contributed by atoms with Crippen molar-refractivity contribution in [2.24, 2.45) is 0 Å². The van der Waals surface area contributed by atoms with E-state index in [4.69, 9.17) is 4.74 Å². The number of unbranched alkanes of at least 4 members (excludes halogenated alkanes) is 3. The van der Waals surface area contributed by atoms with Gasteiger partial charge in [-0.3, -0.25) is 0 Å². The van der Waals surface area contributed by atoms with Crippen LogP contribution in [0.25, 0.3) is 0 Å². The summed E-state index contributed by atoms with van der Waals surface area (Å²) in [5, 5.41) is 0. The third-order valence-electron chi connectivity index (χ3n) is 9.45. The monoisotopic (exact) mass is 732 g/mol. The van der Waals surface area contributed by atoms with Crippen molar-refractivity contribution in [2.45, 2.75) is 92.8 Å². The second-order valence-electron chi connectivity index (χ2n) is 12.4. The van der Waals surface area contributed by atoms with Gasteiger partial charge in [0.1, 0.15) is 0 Å². The molecule has 4 aromatic carbocycles. The van der Waals surface area contributed by atoms with Crippen LogP contribution in [0, 0.1) is 0 Å². The van der Waals surface area contributed by atoms with Gasteiger partial charge in [-0.05, 0) is 0 Å². The quantitative estimate of drug-likeness (QED) is 0.0713. The zero-order valence-electron chi connectivity index (χ0n) is 27.5. The molecule has 0 saturated heterocycles. The van der Waals surface area contributed by atoms with E-state index in [9.17, 15) is 8.42 Å². The maximum absolute atomic E-state index is 14.8. The molecule has 0 fully saturated rings. The van der Waals surface area contributed by atoms with Gasteiger partial charge in [0.2, 0.25) is 0 Å². The van der Waals surface area contributed by atoms with Gasteiger partial charge in [0, 0.05) is 0 Å². The van der Waals surface area contributed by atoms with E-state index in [0.717, 1.165) is 68.5 Å². The van der Waals surface area contributed by atoms with E-state index in [2.05, 4.69) is 93.6 Å². The van der Waals surface area contributed by atoms with Gasteiger partial charge in [-0.15, -0.1) is 0 Å². The first-order valence-electron chi connectivity index (χ1n) is 17.0. The summed E-state index contributed by atoms with van der Waals surface area (Å²) in [5.41, 5.74) is 2.27. The second kappa shape index (κ2) is 17.5. The molecule has 240 valence electrons. The van der Waals surface area contributed by atoms with Crippen molar-refractivity contribution in [3.63, 3.8) is 0 Å². The predicted molar refractivity (Wildman–Crippen MR) is 192 cm³/mol. The van der Waals surface area contributed by atoms with Crippen molar-refractivity contribution in [1.82, 2.24) is 0 Å². The third kappa shape index (κ3) is 8.50. The number of hydrogen-bond donors (Lipinski definition) is 0. The van der Waals surface area contributed by atoms with Crippen LogP contribution in [0.5, 0.6) is 0 Å². The van der Waals surface area contributed by atoms with Crippen molar-refractivity contribution in [2.75, 3.05) is 6.61 Å². The summed E-state index contributed by atoms with van der Waals surface area (Å²) in [5.74, 6) is 0. The van der Waals surface area contributed by atoms with E-state index in [0.29, 0.717) is 17.9 Å². The van der Waals surface area contributed by atoms with Crippen molar-refractivity contribution >= 4 is 28.2 Å². The van der Waals surface area contributed by atoms with Crippen LogP contribution in [0.2, 0.25) is 13.3 Å². The van der Waals surface area contributed by atoms with Gasteiger partial charge < -0.3 is 0 Å². The third-order valence-corrected chi connectivity index (χ3v) is 33.7. The molecule has 4 aromatic rings. The fourth-order valence-corrected chi connectivity index (χ4v) is 34.2. The summed E-state index contributed by atoms with van der Waals surface area (Å²) >= 11 is -3.33. The Bertz CT molecular complexity index is 1370. The van der Waals surface area contributed by atoms with Gasteiger partial charge in [-0.2, -0.15) is 0 Å². The number of hydrogen-bond acceptors (Lipinski definition) is 3. The van der Waals surface area contributed by atoms with Crippen LogP contribution < -0.4 is 0 Å². The number of sulfone groups is 1. The molecule has 0 aliphatic rings. The van der Waals surface area contributed by atoms with E-state index in [1.165, 1.54) is 0 Å². The van der Waals surface area contributed by atoms with Gasteiger partial charge in [0.15, 0.2) is 0 Å². The number of rotatable bonds is 19. The van der Waals surface area contributed by atoms with E-state index >= 15 is 0 Å². The summed E-state index contributed by atoms with van der Waals surface area (Å²) in [6.07, 6.45) is 7.19. The van der Waals surface area contributed by atoms with Crippen LogP contribution in [0.1, 0.15) is 82.4 Å². The predicted octanol–water partition coefficient (Wildman–Crippen LogP) is 10.6. The Morgan fingerprint density at radius 3 is 1.29 bits per heavy atom. The Balaban J connectivity index is 1.84. The maximum atomic E-state index is 14.8. The Kier molecular flexibility index (Phi) is 13.8. The standard InChI is InChI=1S/C28H25O3S.3C4H9.Sn/c29-32(30,27-20-11-4-12-21-27)23-13-22-31-28(24-14-5-1-6-15-24,25-16-7-2-8-17-25)26-18-9-3-10-19-26;3*1-3-4-2;/h1-12,14-21,23H,13,22H2;3*1,3-4H2,2H3;. The van der Waals surface area contributed by atoms with Gasteiger partial charge in [0.05, 0.1) is 0 Å². The molecular weight excluding hydrogens is 679 g/mol. The zero-order valence-corrected chi connectivity index (χ0v) is 31.2. The van der Waals surface area contributed by atoms with Crippen LogP contribution in [0.3, 0.4) is 0 Å². The second-order valence-corrected chi connectivity index (χ2v) is 29.8. The molecule has 0 aromatic heterocycles. The molecule has 0 heterocycles. The Hall–Kier alpha value is -2.41. The molecule has 0 spiro atoms. The minimum atomic E-state index is -3.55. The Morgan fingerprint density at radius 1 is 0.578 bits per heavy atom. The van der Waals surface area contributed by atoms with Crippen molar-refractivity contribution in [3.8, 4) is 0 Å². The molecule has 0 amide bonds. The fourth-order valence-electron chi connectivity index (χ4n) is 7.10. The topological polar surface area (TPSA) is 43.4 Å². The van der Waals surface area contributed by atoms with E-state index in [1.54, 1.807) is 0 Å². The Labute approximate surface area is 277 Å². The molecule has 0 aliphatic carbocycles. The van der Waals surface area contributed by atoms with E-state index in [1.807, 2.05) is 48.5 Å². The van der Waals surface area contributed by atoms with Crippen LogP contribution in [-0.2, 0) is 20.2 Å². The van der Waals surface area contributed by atoms with Crippen LogP contribution in [-0.4, -0.2) is 36.7 Å². The first-order valence-corrected chi connectivity index (χ1v) is 26.3. The number of ether oxygens (including phenoxy) is 1. The van der Waals surface area contributed by atoms with Crippen molar-refractivity contribution in [1.29, 1.82) is 0 Å². The van der Waals surface area contributed by atoms with Gasteiger partial charge >= 0.3 is 279 Å². The first kappa shape index (κ1) is 35.4. The molecule has 0 N–H and O–H groups in total. The molecule has 45 heavy (non-hydrogen) atoms. The molecule has 3 nitrogen and oxygen atoms in total. The first-order chi connectivity index (χ1) is 21.9. The van der Waals surface area contributed by atoms with Crippen LogP contribution >= 0.6 is 0 Å².